The van der Waals surface area contributed by atoms with Gasteiger partial charge in [0.05, 0.1) is 13.7 Å². The Hall–Kier alpha value is -3.00. The van der Waals surface area contributed by atoms with Crippen LogP contribution in [0.4, 0.5) is 0 Å². The molecule has 0 saturated heterocycles. The summed E-state index contributed by atoms with van der Waals surface area (Å²) in [5.41, 5.74) is 1.97. The van der Waals surface area contributed by atoms with E-state index in [9.17, 15) is 4.79 Å². The summed E-state index contributed by atoms with van der Waals surface area (Å²) in [6, 6.07) is 15.7. The number of rotatable bonds is 6. The lowest BCUT2D eigenvalue weighted by Crippen LogP contribution is -2.16. The minimum absolute atomic E-state index is 0.235. The summed E-state index contributed by atoms with van der Waals surface area (Å²) >= 11 is 1.32. The molecule has 0 N–H and O–H groups in total. The van der Waals surface area contributed by atoms with Crippen LogP contribution in [0.2, 0.25) is 0 Å². The predicted molar refractivity (Wildman–Crippen MR) is 104 cm³/mol. The summed E-state index contributed by atoms with van der Waals surface area (Å²) in [6.45, 7) is 2.56. The molecule has 1 aliphatic heterocycles. The first-order chi connectivity index (χ1) is 13.7. The molecular weight excluding hydrogens is 378 g/mol. The number of fused-ring (bicyclic) bond motifs is 1. The minimum atomic E-state index is -0.395. The van der Waals surface area contributed by atoms with Crippen molar-refractivity contribution in [3.05, 3.63) is 54.1 Å². The van der Waals surface area contributed by atoms with E-state index in [2.05, 4.69) is 10.2 Å². The van der Waals surface area contributed by atoms with Crippen LogP contribution in [-0.4, -0.2) is 39.9 Å². The molecule has 1 aliphatic rings. The number of hydrogen-bond acceptors (Lipinski definition) is 7. The van der Waals surface area contributed by atoms with Gasteiger partial charge in [-0.05, 0) is 24.6 Å². The molecule has 0 radical (unpaired) electrons. The Labute approximate surface area is 166 Å². The van der Waals surface area contributed by atoms with E-state index in [4.69, 9.17) is 14.2 Å². The number of benzene rings is 2. The van der Waals surface area contributed by atoms with E-state index in [1.54, 1.807) is 6.92 Å². The molecule has 3 aromatic rings. The monoisotopic (exact) mass is 397 g/mol. The standard InChI is InChI=1S/C20H19N3O4S/c1-13(19(24)25-2)28-20-22-21-18(15-6-4-3-5-7-15)23(20)11-14-8-9-16-17(10-14)27-12-26-16/h3-10,13H,11-12H2,1-2H3/t13-/m0/s1. The van der Waals surface area contributed by atoms with Crippen molar-refractivity contribution in [2.24, 2.45) is 0 Å². The highest BCUT2D eigenvalue weighted by Crippen LogP contribution is 2.34. The van der Waals surface area contributed by atoms with E-state index in [1.165, 1.54) is 18.9 Å². The van der Waals surface area contributed by atoms with Crippen LogP contribution in [0.5, 0.6) is 11.5 Å². The molecule has 8 heteroatoms. The largest absolute Gasteiger partial charge is 0.468 e. The van der Waals surface area contributed by atoms with Gasteiger partial charge in [-0.1, -0.05) is 48.2 Å². The molecule has 0 bridgehead atoms. The van der Waals surface area contributed by atoms with Crippen molar-refractivity contribution < 1.29 is 19.0 Å². The average Bonchev–Trinajstić information content (AvgIpc) is 3.35. The first kappa shape index (κ1) is 18.4. The molecule has 1 atom stereocenters. The molecule has 0 aliphatic carbocycles. The van der Waals surface area contributed by atoms with Crippen LogP contribution in [0.1, 0.15) is 12.5 Å². The van der Waals surface area contributed by atoms with Crippen LogP contribution in [0, 0.1) is 0 Å². The maximum Gasteiger partial charge on any atom is 0.318 e. The SMILES string of the molecule is COC(=O)[C@H](C)Sc1nnc(-c2ccccc2)n1Cc1ccc2c(c1)OCO2. The molecule has 4 rings (SSSR count). The summed E-state index contributed by atoms with van der Waals surface area (Å²) in [7, 11) is 1.38. The molecule has 2 aromatic carbocycles. The molecule has 7 nitrogen and oxygen atoms in total. The van der Waals surface area contributed by atoms with Gasteiger partial charge in [-0.25, -0.2) is 0 Å². The van der Waals surface area contributed by atoms with Gasteiger partial charge in [0.2, 0.25) is 6.79 Å². The summed E-state index contributed by atoms with van der Waals surface area (Å²) in [5.74, 6) is 1.90. The van der Waals surface area contributed by atoms with E-state index in [0.29, 0.717) is 11.7 Å². The van der Waals surface area contributed by atoms with Crippen LogP contribution in [0.3, 0.4) is 0 Å². The van der Waals surface area contributed by atoms with Crippen LogP contribution >= 0.6 is 11.8 Å². The summed E-state index contributed by atoms with van der Waals surface area (Å²) in [6.07, 6.45) is 0. The van der Waals surface area contributed by atoms with Gasteiger partial charge in [-0.2, -0.15) is 0 Å². The van der Waals surface area contributed by atoms with E-state index in [0.717, 1.165) is 28.5 Å². The number of aromatic nitrogens is 3. The molecule has 0 unspecified atom stereocenters. The van der Waals surface area contributed by atoms with Gasteiger partial charge in [-0.3, -0.25) is 9.36 Å². The molecule has 28 heavy (non-hydrogen) atoms. The Kier molecular flexibility index (Phi) is 5.21. The fourth-order valence-corrected chi connectivity index (χ4v) is 3.79. The molecule has 1 aromatic heterocycles. The van der Waals surface area contributed by atoms with E-state index in [-0.39, 0.29) is 12.8 Å². The van der Waals surface area contributed by atoms with Crippen LogP contribution in [-0.2, 0) is 16.1 Å². The lowest BCUT2D eigenvalue weighted by Gasteiger charge is -2.13. The minimum Gasteiger partial charge on any atom is -0.468 e. The number of methoxy groups -OCH3 is 1. The van der Waals surface area contributed by atoms with Gasteiger partial charge < -0.3 is 14.2 Å². The first-order valence-corrected chi connectivity index (χ1v) is 9.65. The Morgan fingerprint density at radius 2 is 1.96 bits per heavy atom. The fourth-order valence-electron chi connectivity index (χ4n) is 2.91. The third-order valence-electron chi connectivity index (χ3n) is 4.34. The fraction of sp³-hybridized carbons (Fsp3) is 0.250. The third-order valence-corrected chi connectivity index (χ3v) is 5.40. The van der Waals surface area contributed by atoms with E-state index >= 15 is 0 Å². The second kappa shape index (κ2) is 7.93. The summed E-state index contributed by atoms with van der Waals surface area (Å²) in [4.78, 5) is 11.9. The lowest BCUT2D eigenvalue weighted by molar-refractivity contribution is -0.139. The van der Waals surface area contributed by atoms with E-state index < -0.39 is 5.25 Å². The number of carbonyl (C=O) groups is 1. The van der Waals surface area contributed by atoms with Crippen molar-refractivity contribution in [3.63, 3.8) is 0 Å². The topological polar surface area (TPSA) is 75.5 Å². The second-order valence-corrected chi connectivity index (χ2v) is 7.54. The summed E-state index contributed by atoms with van der Waals surface area (Å²) in [5, 5.41) is 8.96. The first-order valence-electron chi connectivity index (χ1n) is 8.77. The zero-order chi connectivity index (χ0) is 19.5. The Morgan fingerprint density at radius 1 is 1.18 bits per heavy atom. The Bertz CT molecular complexity index is 990. The van der Waals surface area contributed by atoms with Crippen molar-refractivity contribution >= 4 is 17.7 Å². The number of esters is 1. The molecule has 0 spiro atoms. The number of ether oxygens (including phenoxy) is 3. The highest BCUT2D eigenvalue weighted by molar-refractivity contribution is 8.00. The van der Waals surface area contributed by atoms with Gasteiger partial charge in [0, 0.05) is 5.56 Å². The predicted octanol–water partition coefficient (Wildman–Crippen LogP) is 3.38. The van der Waals surface area contributed by atoms with Crippen LogP contribution < -0.4 is 9.47 Å². The summed E-state index contributed by atoms with van der Waals surface area (Å²) < 4.78 is 17.7. The van der Waals surface area contributed by atoms with Crippen LogP contribution in [0.15, 0.2) is 53.7 Å². The second-order valence-electron chi connectivity index (χ2n) is 6.23. The molecule has 0 fully saturated rings. The maximum absolute atomic E-state index is 11.9. The Morgan fingerprint density at radius 3 is 2.75 bits per heavy atom. The molecule has 144 valence electrons. The maximum atomic E-state index is 11.9. The van der Waals surface area contributed by atoms with Crippen molar-refractivity contribution in [2.75, 3.05) is 13.9 Å². The highest BCUT2D eigenvalue weighted by Gasteiger charge is 2.22. The van der Waals surface area contributed by atoms with Crippen molar-refractivity contribution in [1.29, 1.82) is 0 Å². The average molecular weight is 397 g/mol. The van der Waals surface area contributed by atoms with Gasteiger partial charge in [-0.15, -0.1) is 10.2 Å². The normalized spacial score (nSPS) is 13.4. The smallest absolute Gasteiger partial charge is 0.318 e. The number of nitrogens with zero attached hydrogens (tertiary/aromatic N) is 3. The van der Waals surface area contributed by atoms with Gasteiger partial charge in [0.15, 0.2) is 22.5 Å². The van der Waals surface area contributed by atoms with Gasteiger partial charge in [0.1, 0.15) is 5.25 Å². The van der Waals surface area contributed by atoms with Crippen molar-refractivity contribution in [1.82, 2.24) is 14.8 Å². The highest BCUT2D eigenvalue weighted by atomic mass is 32.2. The third kappa shape index (κ3) is 3.68. The molecular formula is C20H19N3O4S. The van der Waals surface area contributed by atoms with Crippen molar-refractivity contribution in [2.45, 2.75) is 23.9 Å². The molecule has 0 saturated carbocycles. The quantitative estimate of drug-likeness (QED) is 0.466. The molecule has 0 amide bonds. The van der Waals surface area contributed by atoms with E-state index in [1.807, 2.05) is 53.1 Å². The van der Waals surface area contributed by atoms with Gasteiger partial charge in [0.25, 0.3) is 0 Å². The Balaban J connectivity index is 1.70. The van der Waals surface area contributed by atoms with Crippen molar-refractivity contribution in [3.8, 4) is 22.9 Å². The zero-order valence-electron chi connectivity index (χ0n) is 15.5. The lowest BCUT2D eigenvalue weighted by atomic mass is 10.2. The number of hydrogen-bond donors (Lipinski definition) is 0. The zero-order valence-corrected chi connectivity index (χ0v) is 16.3. The molecule has 2 heterocycles. The number of thioether (sulfide) groups is 1. The van der Waals surface area contributed by atoms with Gasteiger partial charge >= 0.3 is 5.97 Å². The number of carbonyl (C=O) groups excluding carboxylic acids is 1. The van der Waals surface area contributed by atoms with Crippen LogP contribution in [0.25, 0.3) is 11.4 Å².